The average molecular weight is 1190 g/mol. The maximum absolute atomic E-state index is 9.67. The third kappa shape index (κ3) is 24.2. The topological polar surface area (TPSA) is 0 Å². The molecular weight excluding hydrogens is 1090 g/mol. The van der Waals surface area contributed by atoms with Gasteiger partial charge in [0.05, 0.1) is 45.3 Å². The molecule has 11 heteroatoms. The third-order valence-corrected chi connectivity index (χ3v) is 29.7. The van der Waals surface area contributed by atoms with E-state index in [4.69, 9.17) is 0 Å². The molecule has 67 heavy (non-hydrogen) atoms. The van der Waals surface area contributed by atoms with Crippen LogP contribution in [0.3, 0.4) is 0 Å². The van der Waals surface area contributed by atoms with Gasteiger partial charge in [0.1, 0.15) is 21.2 Å². The minimum absolute atomic E-state index is 0. The van der Waals surface area contributed by atoms with E-state index in [2.05, 4.69) is 153 Å². The molecule has 4 aliphatic heterocycles. The van der Waals surface area contributed by atoms with Crippen LogP contribution in [0.15, 0.2) is 97.1 Å². The predicted molar refractivity (Wildman–Crippen MR) is 306 cm³/mol. The second kappa shape index (κ2) is 40.6. The fraction of sp³-hybridized carbons (Fsp3) is 0.571. The van der Waals surface area contributed by atoms with E-state index in [1.807, 2.05) is 21.2 Å². The molecule has 0 spiro atoms. The van der Waals surface area contributed by atoms with Crippen LogP contribution in [0.1, 0.15) is 158 Å². The molecule has 0 radical (unpaired) electrons. The third-order valence-electron chi connectivity index (χ3n) is 14.1. The standard InChI is InChI=1S/2C18H28P2.2C8H12.4CH3.BF3.FH.2Rh/c2*1-13-9-10-14(2)19(13)17-7-5-6-8-18(17)20-15(3)11-12-16(20)4;2*1-2-4-6-8-7-5-3-1;;;;;2-1(3)4;;;/h2*5-8,13-16H,9-12H2,1-4H3;2*1-2,7-8H,3-6H2;4*1H3;;1H;;/q;;;;4*-1;;;2*+3/p+3/b;;2*2-1-,8-7?;;;;;;;;/t2*13-,14-,15-,16-;;;;;;;;;;/m00........../s1. The van der Waals surface area contributed by atoms with Crippen LogP contribution < -0.4 is 25.9 Å². The summed E-state index contributed by atoms with van der Waals surface area (Å²) in [5, 5.41) is 7.35. The van der Waals surface area contributed by atoms with Crippen LogP contribution in [0.25, 0.3) is 0 Å². The SMILES string of the molecule is C1=CCC/C=C\CC1.C1=CCC/C=C\CC1.C[C@H]1CC[C@H](C)[PH+]1c1ccccc1[PH+]1[C@@H](C)CC[C@@H]1C.C[C@H]1CC[C@H](C)[PH+]1c1ccccc1[PH+]1[C@@H](C)CC[C@@H]1C.FB(F)F.[CH3-].[CH3-].[CH3-].[CH3-].[F-].[Rh+3].[Rh+3]. The van der Waals surface area contributed by atoms with Crippen LogP contribution in [-0.4, -0.2) is 52.8 Å². The van der Waals surface area contributed by atoms with Crippen molar-refractivity contribution in [2.75, 3.05) is 0 Å². The molecule has 384 valence electrons. The zero-order valence-electron chi connectivity index (χ0n) is 43.9. The van der Waals surface area contributed by atoms with Crippen molar-refractivity contribution in [3.8, 4) is 0 Å². The Labute approximate surface area is 444 Å². The minimum Gasteiger partial charge on any atom is -1.00 e. The normalized spacial score (nSPS) is 27.5. The summed E-state index contributed by atoms with van der Waals surface area (Å²) < 4.78 is 29.0. The van der Waals surface area contributed by atoms with Gasteiger partial charge in [0, 0.05) is 31.7 Å². The van der Waals surface area contributed by atoms with Gasteiger partial charge in [-0.05, 0) is 182 Å². The monoisotopic (exact) mass is 1190 g/mol. The van der Waals surface area contributed by atoms with Crippen LogP contribution in [-0.2, 0) is 39.0 Å². The van der Waals surface area contributed by atoms with E-state index in [9.17, 15) is 12.9 Å². The Morgan fingerprint density at radius 2 is 0.448 bits per heavy atom. The minimum atomic E-state index is -3.67. The van der Waals surface area contributed by atoms with Crippen molar-refractivity contribution in [1.82, 2.24) is 0 Å². The first kappa shape index (κ1) is 73.7. The van der Waals surface area contributed by atoms with E-state index in [1.165, 1.54) is 103 Å². The van der Waals surface area contributed by atoms with Gasteiger partial charge in [-0.15, -0.1) is 0 Å². The van der Waals surface area contributed by atoms with Gasteiger partial charge in [-0.1, -0.05) is 72.9 Å². The molecule has 0 aromatic heterocycles. The van der Waals surface area contributed by atoms with Gasteiger partial charge >= 0.3 is 46.5 Å². The second-order valence-corrected chi connectivity index (χ2v) is 32.6. The summed E-state index contributed by atoms with van der Waals surface area (Å²) in [5.41, 5.74) is 7.82. The van der Waals surface area contributed by atoms with Crippen LogP contribution in [0, 0.1) is 29.7 Å². The molecule has 2 aromatic carbocycles. The van der Waals surface area contributed by atoms with Crippen LogP contribution in [0.2, 0.25) is 0 Å². The Kier molecular flexibility index (Phi) is 44.7. The van der Waals surface area contributed by atoms with E-state index in [1.54, 1.807) is 0 Å². The van der Waals surface area contributed by atoms with Gasteiger partial charge in [0.25, 0.3) is 0 Å². The van der Waals surface area contributed by atoms with Crippen molar-refractivity contribution in [2.45, 2.75) is 203 Å². The molecule has 0 unspecified atom stereocenters. The van der Waals surface area contributed by atoms with Crippen molar-refractivity contribution >= 4 is 60.4 Å². The number of hydrogen-bond acceptors (Lipinski definition) is 0. The number of hydrogen-bond donors (Lipinski definition) is 0. The van der Waals surface area contributed by atoms with Crippen molar-refractivity contribution in [3.63, 3.8) is 0 Å². The molecule has 4 fully saturated rings. The van der Waals surface area contributed by atoms with Crippen molar-refractivity contribution < 1.29 is 56.6 Å². The number of halogens is 4. The number of allylic oxidation sites excluding steroid dienone is 8. The Morgan fingerprint density at radius 3 is 0.567 bits per heavy atom. The van der Waals surface area contributed by atoms with E-state index in [0.717, 1.165) is 45.3 Å². The summed E-state index contributed by atoms with van der Waals surface area (Å²) in [7, 11) is -5.00. The first-order valence-corrected chi connectivity index (χ1v) is 30.7. The second-order valence-electron chi connectivity index (χ2n) is 18.9. The van der Waals surface area contributed by atoms with E-state index >= 15 is 0 Å². The molecule has 0 saturated carbocycles. The van der Waals surface area contributed by atoms with Crippen LogP contribution in [0.5, 0.6) is 0 Å². The zero-order chi connectivity index (χ0) is 43.4. The molecular formula is C56H96BF4P4Rh2+5. The molecule has 2 aliphatic carbocycles. The van der Waals surface area contributed by atoms with Gasteiger partial charge in [-0.25, -0.2) is 0 Å². The quantitative estimate of drug-likeness (QED) is 0.0941. The smallest absolute Gasteiger partial charge is 1.00 e. The van der Waals surface area contributed by atoms with Gasteiger partial charge in [-0.3, -0.25) is 12.9 Å². The van der Waals surface area contributed by atoms with E-state index in [0.29, 0.717) is 0 Å². The van der Waals surface area contributed by atoms with E-state index < -0.39 is 7.54 Å². The molecule has 0 amide bonds. The van der Waals surface area contributed by atoms with Crippen LogP contribution in [0.4, 0.5) is 12.9 Å². The molecule has 8 atom stereocenters. The summed E-state index contributed by atoms with van der Waals surface area (Å²) in [5.74, 6) is 0. The summed E-state index contributed by atoms with van der Waals surface area (Å²) in [4.78, 5) is 0. The predicted octanol–water partition coefficient (Wildman–Crippen LogP) is 14.0. The molecule has 0 nitrogen and oxygen atoms in total. The molecule has 0 bridgehead atoms. The summed E-state index contributed by atoms with van der Waals surface area (Å²) in [6.45, 7) is 20.2. The van der Waals surface area contributed by atoms with Crippen molar-refractivity contribution in [3.05, 3.63) is 127 Å². The molecule has 6 aliphatic rings. The Balaban J connectivity index is -0.000000395. The van der Waals surface area contributed by atoms with Gasteiger partial charge in [0.15, 0.2) is 0 Å². The maximum atomic E-state index is 9.67. The molecule has 4 saturated heterocycles. The Bertz CT molecular complexity index is 1350. The molecule has 0 N–H and O–H groups in total. The van der Waals surface area contributed by atoms with Gasteiger partial charge in [0.2, 0.25) is 0 Å². The van der Waals surface area contributed by atoms with Crippen molar-refractivity contribution in [2.24, 2.45) is 0 Å². The zero-order valence-corrected chi connectivity index (χ0v) is 51.2. The molecule has 4 heterocycles. The maximum Gasteiger partial charge on any atom is 3.00 e. The summed E-state index contributed by atoms with van der Waals surface area (Å²) in [6, 6.07) is 19.3. The first-order valence-electron chi connectivity index (χ1n) is 24.1. The van der Waals surface area contributed by atoms with Gasteiger partial charge in [-0.2, -0.15) is 0 Å². The van der Waals surface area contributed by atoms with E-state index in [-0.39, 0.29) is 105 Å². The fourth-order valence-electron chi connectivity index (χ4n) is 11.0. The number of rotatable bonds is 4. The summed E-state index contributed by atoms with van der Waals surface area (Å²) in [6.07, 6.45) is 39.8. The largest absolute Gasteiger partial charge is 3.00 e. The van der Waals surface area contributed by atoms with Crippen LogP contribution >= 0.6 is 31.7 Å². The molecule has 8 rings (SSSR count). The number of benzene rings is 2. The Morgan fingerprint density at radius 1 is 0.328 bits per heavy atom. The van der Waals surface area contributed by atoms with Crippen molar-refractivity contribution in [1.29, 1.82) is 0 Å². The molecule has 2 aromatic rings. The van der Waals surface area contributed by atoms with Gasteiger partial charge < -0.3 is 34.4 Å². The first-order chi connectivity index (χ1) is 28.9. The fourth-order valence-corrected chi connectivity index (χ4v) is 27.4. The summed E-state index contributed by atoms with van der Waals surface area (Å²) >= 11 is 0. The Hall–Kier alpha value is 0.152. The average Bonchev–Trinajstić information content (AvgIpc) is 3.92.